The Labute approximate surface area is 120 Å². The van der Waals surface area contributed by atoms with Crippen molar-refractivity contribution < 1.29 is 18.7 Å². The van der Waals surface area contributed by atoms with Crippen molar-refractivity contribution in [1.82, 2.24) is 15.5 Å². The van der Waals surface area contributed by atoms with Crippen LogP contribution in [-0.4, -0.2) is 29.1 Å². The molecule has 1 atom stereocenters. The molecule has 0 bridgehead atoms. The standard InChI is InChI=1S/C13H14N4O4/c1-7-16-17-13(21-7)10(11(14)18)15-12(19)8-3-5-9(20-2)6-4-8/h3-6,10H,1-2H3,(H2,14,18)(H,15,19)/t10-/m1/s1. The Bertz CT molecular complexity index is 650. The highest BCUT2D eigenvalue weighted by Gasteiger charge is 2.26. The third kappa shape index (κ3) is 3.35. The van der Waals surface area contributed by atoms with Crippen molar-refractivity contribution in [1.29, 1.82) is 0 Å². The minimum Gasteiger partial charge on any atom is -0.497 e. The smallest absolute Gasteiger partial charge is 0.252 e. The van der Waals surface area contributed by atoms with E-state index in [2.05, 4.69) is 15.5 Å². The summed E-state index contributed by atoms with van der Waals surface area (Å²) in [5.41, 5.74) is 5.59. The van der Waals surface area contributed by atoms with Crippen LogP contribution in [0.1, 0.15) is 28.2 Å². The van der Waals surface area contributed by atoms with Crippen molar-refractivity contribution >= 4 is 11.8 Å². The lowest BCUT2D eigenvalue weighted by Gasteiger charge is -2.11. The van der Waals surface area contributed by atoms with Gasteiger partial charge in [0.2, 0.25) is 17.7 Å². The molecular formula is C13H14N4O4. The van der Waals surface area contributed by atoms with E-state index in [9.17, 15) is 9.59 Å². The molecule has 1 heterocycles. The van der Waals surface area contributed by atoms with Crippen LogP contribution in [0.4, 0.5) is 0 Å². The molecule has 110 valence electrons. The van der Waals surface area contributed by atoms with Gasteiger partial charge in [0.25, 0.3) is 5.91 Å². The highest BCUT2D eigenvalue weighted by atomic mass is 16.5. The largest absolute Gasteiger partial charge is 0.497 e. The van der Waals surface area contributed by atoms with E-state index in [0.29, 0.717) is 11.3 Å². The Kier molecular flexibility index (Phi) is 4.17. The minimum absolute atomic E-state index is 0.0538. The maximum Gasteiger partial charge on any atom is 0.252 e. The van der Waals surface area contributed by atoms with E-state index in [1.54, 1.807) is 31.2 Å². The molecule has 0 aliphatic rings. The molecule has 2 amide bonds. The summed E-state index contributed by atoms with van der Waals surface area (Å²) < 4.78 is 10.1. The van der Waals surface area contributed by atoms with Crippen molar-refractivity contribution in [3.63, 3.8) is 0 Å². The molecule has 1 aromatic heterocycles. The number of ether oxygens (including phenoxy) is 1. The highest BCUT2D eigenvalue weighted by molar-refractivity contribution is 5.97. The lowest BCUT2D eigenvalue weighted by molar-refractivity contribution is -0.120. The number of carbonyl (C=O) groups excluding carboxylic acids is 2. The molecule has 2 aromatic rings. The molecule has 0 saturated heterocycles. The number of primary amides is 1. The van der Waals surface area contributed by atoms with Gasteiger partial charge in [-0.3, -0.25) is 9.59 Å². The van der Waals surface area contributed by atoms with Crippen LogP contribution < -0.4 is 15.8 Å². The molecule has 0 saturated carbocycles. The van der Waals surface area contributed by atoms with Crippen LogP contribution in [0, 0.1) is 6.92 Å². The zero-order chi connectivity index (χ0) is 15.4. The third-order valence-corrected chi connectivity index (χ3v) is 2.70. The van der Waals surface area contributed by atoms with Crippen LogP contribution in [0.15, 0.2) is 28.7 Å². The lowest BCUT2D eigenvalue weighted by Crippen LogP contribution is -2.37. The maximum absolute atomic E-state index is 12.1. The molecule has 0 radical (unpaired) electrons. The number of hydrogen-bond donors (Lipinski definition) is 2. The number of nitrogens with two attached hydrogens (primary N) is 1. The first-order valence-electron chi connectivity index (χ1n) is 6.05. The van der Waals surface area contributed by atoms with Crippen molar-refractivity contribution in [2.24, 2.45) is 5.73 Å². The number of amides is 2. The summed E-state index contributed by atoms with van der Waals surface area (Å²) in [5, 5.41) is 9.74. The average Bonchev–Trinajstić information content (AvgIpc) is 2.90. The number of aromatic nitrogens is 2. The molecule has 0 aliphatic heterocycles. The second-order valence-electron chi connectivity index (χ2n) is 4.20. The summed E-state index contributed by atoms with van der Waals surface area (Å²) >= 11 is 0. The molecule has 8 nitrogen and oxygen atoms in total. The average molecular weight is 290 g/mol. The number of methoxy groups -OCH3 is 1. The Balaban J connectivity index is 2.16. The van der Waals surface area contributed by atoms with Gasteiger partial charge in [0.05, 0.1) is 7.11 Å². The maximum atomic E-state index is 12.1. The fraction of sp³-hybridized carbons (Fsp3) is 0.231. The second kappa shape index (κ2) is 6.04. The van der Waals surface area contributed by atoms with Gasteiger partial charge in [-0.2, -0.15) is 0 Å². The van der Waals surface area contributed by atoms with Gasteiger partial charge in [-0.25, -0.2) is 0 Å². The van der Waals surface area contributed by atoms with E-state index < -0.39 is 17.9 Å². The monoisotopic (exact) mass is 290 g/mol. The molecule has 0 aliphatic carbocycles. The summed E-state index contributed by atoms with van der Waals surface area (Å²) in [6.07, 6.45) is 0. The zero-order valence-electron chi connectivity index (χ0n) is 11.5. The highest BCUT2D eigenvalue weighted by Crippen LogP contribution is 2.14. The van der Waals surface area contributed by atoms with Gasteiger partial charge < -0.3 is 20.2 Å². The van der Waals surface area contributed by atoms with Gasteiger partial charge in [0.15, 0.2) is 6.04 Å². The quantitative estimate of drug-likeness (QED) is 0.819. The summed E-state index contributed by atoms with van der Waals surface area (Å²) in [7, 11) is 1.52. The first-order chi connectivity index (χ1) is 10.0. The summed E-state index contributed by atoms with van der Waals surface area (Å²) in [6, 6.07) is 5.20. The van der Waals surface area contributed by atoms with Crippen LogP contribution in [-0.2, 0) is 4.79 Å². The van der Waals surface area contributed by atoms with E-state index >= 15 is 0 Å². The van der Waals surface area contributed by atoms with Gasteiger partial charge in [-0.05, 0) is 24.3 Å². The van der Waals surface area contributed by atoms with E-state index in [4.69, 9.17) is 14.9 Å². The van der Waals surface area contributed by atoms with Crippen LogP contribution in [0.25, 0.3) is 0 Å². The number of nitrogens with one attached hydrogen (secondary N) is 1. The van der Waals surface area contributed by atoms with Gasteiger partial charge in [-0.15, -0.1) is 10.2 Å². The molecule has 8 heteroatoms. The summed E-state index contributed by atoms with van der Waals surface area (Å²) in [4.78, 5) is 23.5. The van der Waals surface area contributed by atoms with Crippen LogP contribution in [0.5, 0.6) is 5.75 Å². The van der Waals surface area contributed by atoms with E-state index in [0.717, 1.165) is 0 Å². The number of carbonyl (C=O) groups is 2. The fourth-order valence-electron chi connectivity index (χ4n) is 1.64. The molecule has 21 heavy (non-hydrogen) atoms. The van der Waals surface area contributed by atoms with Crippen molar-refractivity contribution in [3.05, 3.63) is 41.6 Å². The van der Waals surface area contributed by atoms with Gasteiger partial charge in [-0.1, -0.05) is 0 Å². The Morgan fingerprint density at radius 1 is 1.29 bits per heavy atom. The topological polar surface area (TPSA) is 120 Å². The number of aryl methyl sites for hydroxylation is 1. The van der Waals surface area contributed by atoms with Gasteiger partial charge in [0.1, 0.15) is 5.75 Å². The zero-order valence-corrected chi connectivity index (χ0v) is 11.5. The number of hydrogen-bond acceptors (Lipinski definition) is 6. The molecule has 0 fully saturated rings. The second-order valence-corrected chi connectivity index (χ2v) is 4.20. The first-order valence-corrected chi connectivity index (χ1v) is 6.05. The predicted octanol–water partition coefficient (Wildman–Crippen LogP) is 0.343. The van der Waals surface area contributed by atoms with Crippen LogP contribution in [0.2, 0.25) is 0 Å². The summed E-state index contributed by atoms with van der Waals surface area (Å²) in [5.74, 6) is -0.444. The number of rotatable bonds is 5. The Morgan fingerprint density at radius 3 is 2.43 bits per heavy atom. The fourth-order valence-corrected chi connectivity index (χ4v) is 1.64. The minimum atomic E-state index is -1.18. The number of benzene rings is 1. The molecule has 2 rings (SSSR count). The van der Waals surface area contributed by atoms with E-state index in [-0.39, 0.29) is 11.8 Å². The number of nitrogens with zero attached hydrogens (tertiary/aromatic N) is 2. The SMILES string of the molecule is COc1ccc(C(=O)N[C@H](C(N)=O)c2nnc(C)o2)cc1. The molecule has 0 spiro atoms. The predicted molar refractivity (Wildman–Crippen MR) is 71.4 cm³/mol. The van der Waals surface area contributed by atoms with E-state index in [1.807, 2.05) is 0 Å². The van der Waals surface area contributed by atoms with Crippen LogP contribution in [0.3, 0.4) is 0 Å². The van der Waals surface area contributed by atoms with Gasteiger partial charge in [0, 0.05) is 12.5 Å². The third-order valence-electron chi connectivity index (χ3n) is 2.70. The first kappa shape index (κ1) is 14.5. The normalized spacial score (nSPS) is 11.7. The van der Waals surface area contributed by atoms with Crippen molar-refractivity contribution in [2.45, 2.75) is 13.0 Å². The molecular weight excluding hydrogens is 276 g/mol. The molecule has 3 N–H and O–H groups in total. The van der Waals surface area contributed by atoms with Crippen LogP contribution >= 0.6 is 0 Å². The molecule has 1 aromatic carbocycles. The molecule has 0 unspecified atom stereocenters. The Morgan fingerprint density at radius 2 is 1.95 bits per heavy atom. The lowest BCUT2D eigenvalue weighted by atomic mass is 10.2. The van der Waals surface area contributed by atoms with Crippen molar-refractivity contribution in [3.8, 4) is 5.75 Å². The van der Waals surface area contributed by atoms with E-state index in [1.165, 1.54) is 7.11 Å². The van der Waals surface area contributed by atoms with Crippen molar-refractivity contribution in [2.75, 3.05) is 7.11 Å². The Hall–Kier alpha value is -2.90. The van der Waals surface area contributed by atoms with Gasteiger partial charge >= 0.3 is 0 Å². The summed E-state index contributed by atoms with van der Waals surface area (Å²) in [6.45, 7) is 1.57.